The van der Waals surface area contributed by atoms with Gasteiger partial charge in [0.1, 0.15) is 0 Å². The molecule has 1 aliphatic heterocycles. The lowest BCUT2D eigenvalue weighted by Gasteiger charge is -2.36. The van der Waals surface area contributed by atoms with Gasteiger partial charge in [-0.2, -0.15) is 0 Å². The SMILES string of the molecule is CC(C)N(CCN(C(=S)NCCc1ccccc1)[C@H]1CCS(=O)(=O)C1)C(C)C. The van der Waals surface area contributed by atoms with Crippen LogP contribution >= 0.6 is 12.2 Å². The average Bonchev–Trinajstić information content (AvgIpc) is 2.98. The number of nitrogens with one attached hydrogen (secondary N) is 1. The molecule has 1 fully saturated rings. The maximum Gasteiger partial charge on any atom is 0.169 e. The number of hydrogen-bond donors (Lipinski definition) is 1. The molecule has 1 aliphatic rings. The van der Waals surface area contributed by atoms with Crippen LogP contribution in [0, 0.1) is 0 Å². The van der Waals surface area contributed by atoms with Gasteiger partial charge < -0.3 is 10.2 Å². The average molecular weight is 426 g/mol. The minimum atomic E-state index is -2.95. The van der Waals surface area contributed by atoms with Gasteiger partial charge in [-0.3, -0.25) is 4.90 Å². The van der Waals surface area contributed by atoms with Crippen molar-refractivity contribution in [2.75, 3.05) is 31.1 Å². The summed E-state index contributed by atoms with van der Waals surface area (Å²) in [5.41, 5.74) is 1.26. The zero-order valence-corrected chi connectivity index (χ0v) is 19.2. The van der Waals surface area contributed by atoms with Crippen LogP contribution in [0.3, 0.4) is 0 Å². The molecule has 1 aromatic carbocycles. The van der Waals surface area contributed by atoms with Gasteiger partial charge in [0.2, 0.25) is 0 Å². The standard InChI is InChI=1S/C21H35N3O2S2/c1-17(2)23(18(3)4)13-14-24(20-11-15-28(25,26)16-20)21(27)22-12-10-19-8-6-5-7-9-19/h5-9,17-18,20H,10-16H2,1-4H3,(H,22,27)/t20-/m0/s1. The van der Waals surface area contributed by atoms with Crippen LogP contribution in [-0.4, -0.2) is 72.6 Å². The maximum absolute atomic E-state index is 12.0. The Morgan fingerprint density at radius 1 is 1.14 bits per heavy atom. The first-order chi connectivity index (χ1) is 13.2. The van der Waals surface area contributed by atoms with E-state index in [4.69, 9.17) is 12.2 Å². The Hall–Kier alpha value is -1.18. The summed E-state index contributed by atoms with van der Waals surface area (Å²) in [5.74, 6) is 0.468. The molecule has 0 spiro atoms. The zero-order chi connectivity index (χ0) is 20.7. The summed E-state index contributed by atoms with van der Waals surface area (Å²) in [5, 5.41) is 4.03. The minimum Gasteiger partial charge on any atom is -0.362 e. The van der Waals surface area contributed by atoms with E-state index < -0.39 is 9.84 Å². The minimum absolute atomic E-state index is 0.0251. The molecule has 1 aromatic rings. The predicted octanol–water partition coefficient (Wildman–Crippen LogP) is 2.71. The van der Waals surface area contributed by atoms with Gasteiger partial charge in [0.15, 0.2) is 14.9 Å². The van der Waals surface area contributed by atoms with Crippen molar-refractivity contribution in [3.8, 4) is 0 Å². The van der Waals surface area contributed by atoms with Crippen molar-refractivity contribution in [1.82, 2.24) is 15.1 Å². The molecule has 1 heterocycles. The first-order valence-electron chi connectivity index (χ1n) is 10.2. The van der Waals surface area contributed by atoms with Crippen molar-refractivity contribution in [3.63, 3.8) is 0 Å². The van der Waals surface area contributed by atoms with Crippen LogP contribution in [0.4, 0.5) is 0 Å². The molecule has 0 aromatic heterocycles. The van der Waals surface area contributed by atoms with Gasteiger partial charge in [0, 0.05) is 37.8 Å². The number of nitrogens with zero attached hydrogens (tertiary/aromatic N) is 2. The number of rotatable bonds is 9. The summed E-state index contributed by atoms with van der Waals surface area (Å²) >= 11 is 5.69. The molecule has 5 nitrogen and oxygen atoms in total. The van der Waals surface area contributed by atoms with E-state index in [0.717, 1.165) is 26.1 Å². The van der Waals surface area contributed by atoms with Gasteiger partial charge in [0.25, 0.3) is 0 Å². The normalized spacial score (nSPS) is 18.8. The van der Waals surface area contributed by atoms with Gasteiger partial charge in [-0.25, -0.2) is 8.42 Å². The largest absolute Gasteiger partial charge is 0.362 e. The topological polar surface area (TPSA) is 52.6 Å². The molecule has 0 aliphatic carbocycles. The van der Waals surface area contributed by atoms with E-state index in [-0.39, 0.29) is 17.5 Å². The molecule has 0 radical (unpaired) electrons. The fraction of sp³-hybridized carbons (Fsp3) is 0.667. The first-order valence-corrected chi connectivity index (χ1v) is 12.5. The van der Waals surface area contributed by atoms with Gasteiger partial charge in [-0.15, -0.1) is 0 Å². The quantitative estimate of drug-likeness (QED) is 0.614. The van der Waals surface area contributed by atoms with Gasteiger partial charge in [-0.05, 0) is 58.3 Å². The second-order valence-corrected chi connectivity index (χ2v) is 10.8. The van der Waals surface area contributed by atoms with Crippen molar-refractivity contribution >= 4 is 27.2 Å². The zero-order valence-electron chi connectivity index (χ0n) is 17.6. The van der Waals surface area contributed by atoms with Gasteiger partial charge in [-0.1, -0.05) is 30.3 Å². The Kier molecular flexibility index (Phi) is 8.71. The lowest BCUT2D eigenvalue weighted by molar-refractivity contribution is 0.154. The molecule has 1 saturated heterocycles. The molecule has 1 N–H and O–H groups in total. The van der Waals surface area contributed by atoms with Crippen LogP contribution < -0.4 is 5.32 Å². The predicted molar refractivity (Wildman–Crippen MR) is 121 cm³/mol. The van der Waals surface area contributed by atoms with E-state index in [2.05, 4.69) is 54.9 Å². The van der Waals surface area contributed by atoms with Crippen LogP contribution in [-0.2, 0) is 16.3 Å². The van der Waals surface area contributed by atoms with Crippen LogP contribution in [0.5, 0.6) is 0 Å². The second kappa shape index (κ2) is 10.6. The third-order valence-electron chi connectivity index (χ3n) is 5.37. The maximum atomic E-state index is 12.0. The highest BCUT2D eigenvalue weighted by atomic mass is 32.2. The molecular weight excluding hydrogens is 390 g/mol. The molecule has 7 heteroatoms. The highest BCUT2D eigenvalue weighted by Gasteiger charge is 2.33. The van der Waals surface area contributed by atoms with Crippen LogP contribution in [0.25, 0.3) is 0 Å². The summed E-state index contributed by atoms with van der Waals surface area (Å²) in [6.45, 7) is 11.1. The fourth-order valence-corrected chi connectivity index (χ4v) is 5.94. The monoisotopic (exact) mass is 425 g/mol. The molecule has 0 bridgehead atoms. The van der Waals surface area contributed by atoms with E-state index in [0.29, 0.717) is 23.6 Å². The summed E-state index contributed by atoms with van der Waals surface area (Å²) in [6.07, 6.45) is 1.55. The molecule has 0 amide bonds. The number of thiocarbonyl (C=S) groups is 1. The highest BCUT2D eigenvalue weighted by Crippen LogP contribution is 2.18. The van der Waals surface area contributed by atoms with E-state index in [1.165, 1.54) is 5.56 Å². The molecule has 2 rings (SSSR count). The fourth-order valence-electron chi connectivity index (χ4n) is 3.87. The van der Waals surface area contributed by atoms with Gasteiger partial charge >= 0.3 is 0 Å². The van der Waals surface area contributed by atoms with Gasteiger partial charge in [0.05, 0.1) is 11.5 Å². The third-order valence-corrected chi connectivity index (χ3v) is 7.50. The Morgan fingerprint density at radius 2 is 1.79 bits per heavy atom. The van der Waals surface area contributed by atoms with E-state index in [1.54, 1.807) is 0 Å². The van der Waals surface area contributed by atoms with Crippen molar-refractivity contribution < 1.29 is 8.42 Å². The Balaban J connectivity index is 1.99. The van der Waals surface area contributed by atoms with E-state index in [1.807, 2.05) is 18.2 Å². The lowest BCUT2D eigenvalue weighted by Crippen LogP contribution is -2.51. The smallest absolute Gasteiger partial charge is 0.169 e. The van der Waals surface area contributed by atoms with Crippen molar-refractivity contribution in [3.05, 3.63) is 35.9 Å². The summed E-state index contributed by atoms with van der Waals surface area (Å²) < 4.78 is 24.0. The Bertz CT molecular complexity index is 712. The van der Waals surface area contributed by atoms with E-state index >= 15 is 0 Å². The Morgan fingerprint density at radius 3 is 2.32 bits per heavy atom. The second-order valence-electron chi connectivity index (χ2n) is 8.14. The molecule has 0 unspecified atom stereocenters. The van der Waals surface area contributed by atoms with E-state index in [9.17, 15) is 8.42 Å². The molecule has 1 atom stereocenters. The molecule has 0 saturated carbocycles. The third kappa shape index (κ3) is 7.01. The molecular formula is C21H35N3O2S2. The lowest BCUT2D eigenvalue weighted by atomic mass is 10.1. The van der Waals surface area contributed by atoms with Crippen LogP contribution in [0.1, 0.15) is 39.7 Å². The highest BCUT2D eigenvalue weighted by molar-refractivity contribution is 7.91. The Labute approximate surface area is 176 Å². The number of benzene rings is 1. The molecule has 158 valence electrons. The van der Waals surface area contributed by atoms with Crippen molar-refractivity contribution in [2.45, 2.75) is 58.7 Å². The number of sulfone groups is 1. The van der Waals surface area contributed by atoms with Crippen LogP contribution in [0.15, 0.2) is 30.3 Å². The number of hydrogen-bond acceptors (Lipinski definition) is 4. The molecule has 28 heavy (non-hydrogen) atoms. The van der Waals surface area contributed by atoms with Crippen molar-refractivity contribution in [2.24, 2.45) is 0 Å². The van der Waals surface area contributed by atoms with Crippen LogP contribution in [0.2, 0.25) is 0 Å². The van der Waals surface area contributed by atoms with Crippen molar-refractivity contribution in [1.29, 1.82) is 0 Å². The summed E-state index contributed by atoms with van der Waals surface area (Å²) in [7, 11) is -2.95. The summed E-state index contributed by atoms with van der Waals surface area (Å²) in [6, 6.07) is 11.2. The summed E-state index contributed by atoms with van der Waals surface area (Å²) in [4.78, 5) is 4.53. The first kappa shape index (κ1) is 23.1.